The van der Waals surface area contributed by atoms with Gasteiger partial charge in [-0.1, -0.05) is 24.3 Å². The molecular formula is C17H17FN2O2. The van der Waals surface area contributed by atoms with Gasteiger partial charge in [-0.05, 0) is 36.8 Å². The van der Waals surface area contributed by atoms with Crippen molar-refractivity contribution in [1.82, 2.24) is 0 Å². The molecule has 2 aromatic carbocycles. The van der Waals surface area contributed by atoms with Crippen molar-refractivity contribution in [1.29, 1.82) is 0 Å². The van der Waals surface area contributed by atoms with Gasteiger partial charge in [0.25, 0.3) is 0 Å². The van der Waals surface area contributed by atoms with E-state index in [1.807, 2.05) is 25.1 Å². The van der Waals surface area contributed by atoms with Crippen LogP contribution in [0.15, 0.2) is 48.5 Å². The van der Waals surface area contributed by atoms with Crippen molar-refractivity contribution < 1.29 is 14.0 Å². The molecule has 5 heteroatoms. The molecule has 0 heterocycles. The topological polar surface area (TPSA) is 49.4 Å². The van der Waals surface area contributed by atoms with Crippen LogP contribution in [0.1, 0.15) is 12.5 Å². The summed E-state index contributed by atoms with van der Waals surface area (Å²) in [5.74, 6) is -1.32. The van der Waals surface area contributed by atoms with Gasteiger partial charge in [0.2, 0.25) is 11.8 Å². The molecule has 0 spiro atoms. The molecule has 0 radical (unpaired) electrons. The first-order valence-electron chi connectivity index (χ1n) is 6.86. The third kappa shape index (κ3) is 3.91. The van der Waals surface area contributed by atoms with Crippen molar-refractivity contribution in [2.24, 2.45) is 0 Å². The number of aryl methyl sites for hydroxylation is 1. The molecule has 0 bridgehead atoms. The van der Waals surface area contributed by atoms with Gasteiger partial charge >= 0.3 is 0 Å². The highest BCUT2D eigenvalue weighted by Gasteiger charge is 2.18. The van der Waals surface area contributed by atoms with Crippen LogP contribution in [0, 0.1) is 12.7 Å². The zero-order valence-corrected chi connectivity index (χ0v) is 12.5. The van der Waals surface area contributed by atoms with Crippen LogP contribution >= 0.6 is 0 Å². The summed E-state index contributed by atoms with van der Waals surface area (Å²) < 4.78 is 13.8. The van der Waals surface area contributed by atoms with Crippen LogP contribution in [-0.2, 0) is 9.59 Å². The summed E-state index contributed by atoms with van der Waals surface area (Å²) in [5, 5.41) is 2.70. The molecule has 0 aliphatic rings. The summed E-state index contributed by atoms with van der Waals surface area (Å²) in [4.78, 5) is 24.9. The van der Waals surface area contributed by atoms with E-state index in [9.17, 15) is 14.0 Å². The molecule has 0 atom stereocenters. The summed E-state index contributed by atoms with van der Waals surface area (Å²) in [6, 6.07) is 13.2. The minimum atomic E-state index is -0.541. The Kier molecular flexibility index (Phi) is 4.88. The van der Waals surface area contributed by atoms with E-state index in [1.54, 1.807) is 12.1 Å². The highest BCUT2D eigenvalue weighted by Crippen LogP contribution is 2.19. The van der Waals surface area contributed by atoms with E-state index < -0.39 is 11.7 Å². The van der Waals surface area contributed by atoms with Crippen LogP contribution in [0.25, 0.3) is 0 Å². The zero-order chi connectivity index (χ0) is 16.1. The molecule has 0 unspecified atom stereocenters. The van der Waals surface area contributed by atoms with Gasteiger partial charge in [0.15, 0.2) is 0 Å². The van der Waals surface area contributed by atoms with Crippen LogP contribution in [0.3, 0.4) is 0 Å². The average molecular weight is 300 g/mol. The van der Waals surface area contributed by atoms with Crippen LogP contribution in [0.4, 0.5) is 15.8 Å². The van der Waals surface area contributed by atoms with E-state index in [0.29, 0.717) is 5.69 Å². The molecule has 2 rings (SSSR count). The number of nitrogens with one attached hydrogen (secondary N) is 1. The number of carbonyl (C=O) groups excluding carboxylic acids is 2. The lowest BCUT2D eigenvalue weighted by Gasteiger charge is -2.21. The van der Waals surface area contributed by atoms with Gasteiger partial charge in [0.05, 0.1) is 5.69 Å². The maximum absolute atomic E-state index is 13.8. The quantitative estimate of drug-likeness (QED) is 0.943. The first-order chi connectivity index (χ1) is 10.5. The summed E-state index contributed by atoms with van der Waals surface area (Å²) in [6.07, 6.45) is 0. The van der Waals surface area contributed by atoms with Gasteiger partial charge in [-0.2, -0.15) is 0 Å². The molecule has 0 aliphatic carbocycles. The maximum Gasteiger partial charge on any atom is 0.244 e. The van der Waals surface area contributed by atoms with E-state index in [0.717, 1.165) is 10.5 Å². The van der Waals surface area contributed by atoms with Crippen molar-refractivity contribution in [3.63, 3.8) is 0 Å². The van der Waals surface area contributed by atoms with Crippen LogP contribution in [0.2, 0.25) is 0 Å². The second-order valence-corrected chi connectivity index (χ2v) is 4.97. The Balaban J connectivity index is 2.13. The number of benzene rings is 2. The van der Waals surface area contributed by atoms with E-state index in [-0.39, 0.29) is 18.1 Å². The standard InChI is InChI=1S/C17H17FN2O2/c1-12-6-5-7-14(10-12)19-17(22)11-20(13(2)21)16-9-4-3-8-15(16)18/h3-10H,11H2,1-2H3,(H,19,22). The van der Waals surface area contributed by atoms with Crippen molar-refractivity contribution in [3.05, 3.63) is 59.9 Å². The normalized spacial score (nSPS) is 10.1. The van der Waals surface area contributed by atoms with Crippen molar-refractivity contribution in [2.45, 2.75) is 13.8 Å². The number of halogens is 1. The fourth-order valence-electron chi connectivity index (χ4n) is 2.10. The lowest BCUT2D eigenvalue weighted by atomic mass is 10.2. The summed E-state index contributed by atoms with van der Waals surface area (Å²) in [5.41, 5.74) is 1.74. The highest BCUT2D eigenvalue weighted by atomic mass is 19.1. The summed E-state index contributed by atoms with van der Waals surface area (Å²) >= 11 is 0. The third-order valence-corrected chi connectivity index (χ3v) is 3.13. The number of hydrogen-bond donors (Lipinski definition) is 1. The predicted octanol–water partition coefficient (Wildman–Crippen LogP) is 3.13. The largest absolute Gasteiger partial charge is 0.325 e. The first-order valence-corrected chi connectivity index (χ1v) is 6.86. The smallest absolute Gasteiger partial charge is 0.244 e. The lowest BCUT2D eigenvalue weighted by molar-refractivity contribution is -0.120. The average Bonchev–Trinajstić information content (AvgIpc) is 2.45. The fraction of sp³-hybridized carbons (Fsp3) is 0.176. The Morgan fingerprint density at radius 1 is 1.14 bits per heavy atom. The molecule has 0 saturated heterocycles. The Bertz CT molecular complexity index is 701. The molecule has 2 amide bonds. The molecule has 0 fully saturated rings. The van der Waals surface area contributed by atoms with E-state index in [2.05, 4.69) is 5.32 Å². The van der Waals surface area contributed by atoms with Crippen molar-refractivity contribution in [3.8, 4) is 0 Å². The van der Waals surface area contributed by atoms with E-state index >= 15 is 0 Å². The number of para-hydroxylation sites is 1. The second-order valence-electron chi connectivity index (χ2n) is 4.97. The van der Waals surface area contributed by atoms with Gasteiger partial charge in [-0.15, -0.1) is 0 Å². The molecule has 2 aromatic rings. The van der Waals surface area contributed by atoms with Gasteiger partial charge in [-0.3, -0.25) is 9.59 Å². The minimum Gasteiger partial charge on any atom is -0.325 e. The number of amides is 2. The monoisotopic (exact) mass is 300 g/mol. The Morgan fingerprint density at radius 3 is 2.50 bits per heavy atom. The Labute approximate surface area is 128 Å². The third-order valence-electron chi connectivity index (χ3n) is 3.13. The highest BCUT2D eigenvalue weighted by molar-refractivity contribution is 6.01. The number of hydrogen-bond acceptors (Lipinski definition) is 2. The Hall–Kier alpha value is -2.69. The van der Waals surface area contributed by atoms with Crippen LogP contribution < -0.4 is 10.2 Å². The van der Waals surface area contributed by atoms with Crippen molar-refractivity contribution in [2.75, 3.05) is 16.8 Å². The van der Waals surface area contributed by atoms with Gasteiger partial charge in [-0.25, -0.2) is 4.39 Å². The van der Waals surface area contributed by atoms with Crippen molar-refractivity contribution >= 4 is 23.2 Å². The SMILES string of the molecule is CC(=O)N(CC(=O)Nc1cccc(C)c1)c1ccccc1F. The molecule has 114 valence electrons. The summed E-state index contributed by atoms with van der Waals surface area (Å²) in [7, 11) is 0. The molecule has 0 saturated carbocycles. The number of anilines is 2. The number of nitrogens with zero attached hydrogens (tertiary/aromatic N) is 1. The maximum atomic E-state index is 13.8. The zero-order valence-electron chi connectivity index (χ0n) is 12.5. The van der Waals surface area contributed by atoms with Gasteiger partial charge < -0.3 is 10.2 Å². The van der Waals surface area contributed by atoms with Gasteiger partial charge in [0, 0.05) is 12.6 Å². The van der Waals surface area contributed by atoms with Crippen LogP contribution in [-0.4, -0.2) is 18.4 Å². The first kappa shape index (κ1) is 15.7. The van der Waals surface area contributed by atoms with E-state index in [1.165, 1.54) is 25.1 Å². The lowest BCUT2D eigenvalue weighted by Crippen LogP contribution is -2.37. The van der Waals surface area contributed by atoms with Crippen LogP contribution in [0.5, 0.6) is 0 Å². The molecule has 0 aliphatic heterocycles. The fourth-order valence-corrected chi connectivity index (χ4v) is 2.10. The Morgan fingerprint density at radius 2 is 1.86 bits per heavy atom. The second kappa shape index (κ2) is 6.85. The predicted molar refractivity (Wildman–Crippen MR) is 84.2 cm³/mol. The van der Waals surface area contributed by atoms with E-state index in [4.69, 9.17) is 0 Å². The molecule has 0 aromatic heterocycles. The molecule has 4 nitrogen and oxygen atoms in total. The molecule has 1 N–H and O–H groups in total. The number of rotatable bonds is 4. The summed E-state index contributed by atoms with van der Waals surface area (Å²) in [6.45, 7) is 2.97. The number of carbonyl (C=O) groups is 2. The van der Waals surface area contributed by atoms with Gasteiger partial charge in [0.1, 0.15) is 12.4 Å². The molecular weight excluding hydrogens is 283 g/mol. The molecule has 22 heavy (non-hydrogen) atoms. The minimum absolute atomic E-state index is 0.0920.